The van der Waals surface area contributed by atoms with Crippen LogP contribution in [0.1, 0.15) is 132 Å². The first-order valence-electron chi connectivity index (χ1n) is 23.0. The van der Waals surface area contributed by atoms with Crippen LogP contribution >= 0.6 is 34.4 Å². The van der Waals surface area contributed by atoms with Gasteiger partial charge < -0.3 is 4.90 Å². The first-order valence-corrected chi connectivity index (χ1v) is 25.7. The predicted molar refractivity (Wildman–Crippen MR) is 268 cm³/mol. The third-order valence-corrected chi connectivity index (χ3v) is 17.6. The van der Waals surface area contributed by atoms with E-state index in [0.29, 0.717) is 0 Å². The van der Waals surface area contributed by atoms with Crippen molar-refractivity contribution in [2.45, 2.75) is 127 Å². The molecular formula is C57H59NS3. The van der Waals surface area contributed by atoms with Crippen molar-refractivity contribution in [1.82, 2.24) is 0 Å². The first kappa shape index (κ1) is 40.7. The average molecular weight is 854 g/mol. The van der Waals surface area contributed by atoms with Gasteiger partial charge in [-0.05, 0) is 135 Å². The molecule has 3 aliphatic rings. The van der Waals surface area contributed by atoms with E-state index < -0.39 is 0 Å². The van der Waals surface area contributed by atoms with Crippen LogP contribution in [-0.2, 0) is 29.4 Å². The summed E-state index contributed by atoms with van der Waals surface area (Å²) in [5.74, 6) is 1.02. The van der Waals surface area contributed by atoms with E-state index in [0.717, 1.165) is 12.2 Å². The van der Waals surface area contributed by atoms with Gasteiger partial charge in [0.25, 0.3) is 0 Å². The molecule has 3 heterocycles. The fourth-order valence-electron chi connectivity index (χ4n) is 10.7. The fourth-order valence-corrected chi connectivity index (χ4v) is 14.4. The van der Waals surface area contributed by atoms with Crippen molar-refractivity contribution in [2.24, 2.45) is 0 Å². The SMILES string of the molecule is CCCCCCc1ccsc1-c1cc(CCCCCC)c(-c2c3ccc(N(c4ccc5c(c4)C(C)(C)c4ccccc4-5)c4ccc5c(c4)C(C)(C)c4ccccc4-5)c2SC3)s1. The summed E-state index contributed by atoms with van der Waals surface area (Å²) in [6, 6.07) is 42.6. The molecule has 2 aromatic heterocycles. The third kappa shape index (κ3) is 6.96. The molecule has 1 nitrogen and oxygen atoms in total. The number of hydrogen-bond donors (Lipinski definition) is 0. The zero-order chi connectivity index (χ0) is 41.9. The molecule has 2 bridgehead atoms. The van der Waals surface area contributed by atoms with E-state index in [1.165, 1.54) is 150 Å². The molecule has 0 saturated carbocycles. The Labute approximate surface area is 377 Å². The van der Waals surface area contributed by atoms with E-state index in [1.807, 2.05) is 23.1 Å². The van der Waals surface area contributed by atoms with Gasteiger partial charge in [0, 0.05) is 53.0 Å². The van der Waals surface area contributed by atoms with Crippen LogP contribution in [0.2, 0.25) is 0 Å². The number of anilines is 3. The van der Waals surface area contributed by atoms with Gasteiger partial charge in [-0.3, -0.25) is 0 Å². The number of fused-ring (bicyclic) bond motifs is 8. The van der Waals surface area contributed by atoms with Crippen LogP contribution in [0.5, 0.6) is 0 Å². The number of benzene rings is 5. The maximum Gasteiger partial charge on any atom is 0.0604 e. The van der Waals surface area contributed by atoms with Crippen LogP contribution in [0.25, 0.3) is 42.4 Å². The Bertz CT molecular complexity index is 2650. The van der Waals surface area contributed by atoms with Gasteiger partial charge in [0.05, 0.1) is 5.69 Å². The molecule has 0 spiro atoms. The lowest BCUT2D eigenvalue weighted by molar-refractivity contribution is 0.660. The van der Waals surface area contributed by atoms with E-state index in [-0.39, 0.29) is 10.8 Å². The highest BCUT2D eigenvalue weighted by Crippen LogP contribution is 2.58. The topological polar surface area (TPSA) is 3.24 Å². The van der Waals surface area contributed by atoms with Gasteiger partial charge in [-0.15, -0.1) is 34.4 Å². The monoisotopic (exact) mass is 853 g/mol. The summed E-state index contributed by atoms with van der Waals surface area (Å²) in [6.07, 6.45) is 12.6. The standard InChI is InChI=1S/C57H59NS3/c1-7-9-11-13-19-37-31-32-59-53(37)51-33-38(20-14-12-10-8-2)54(61-51)52-39-25-30-50(55(52)60-36-39)58(40-26-28-44-42-21-15-17-23-46(42)56(3,4)48(44)34-40)41-27-29-45-43-22-16-18-24-47(43)57(5,6)49(45)35-41/h15-18,21-35H,7-14,19-20,36H2,1-6H3. The van der Waals surface area contributed by atoms with Gasteiger partial charge in [-0.2, -0.15) is 0 Å². The molecule has 2 aliphatic carbocycles. The lowest BCUT2D eigenvalue weighted by Crippen LogP contribution is -2.18. The van der Waals surface area contributed by atoms with E-state index in [2.05, 4.69) is 172 Å². The average Bonchev–Trinajstić information content (AvgIpc) is 4.07. The molecule has 7 aromatic rings. The van der Waals surface area contributed by atoms with Gasteiger partial charge in [0.15, 0.2) is 0 Å². The van der Waals surface area contributed by atoms with Crippen LogP contribution < -0.4 is 4.90 Å². The number of nitrogens with zero attached hydrogens (tertiary/aromatic N) is 1. The van der Waals surface area contributed by atoms with Gasteiger partial charge in [-0.25, -0.2) is 0 Å². The molecule has 0 saturated heterocycles. The lowest BCUT2D eigenvalue weighted by Gasteiger charge is -2.31. The van der Waals surface area contributed by atoms with E-state index >= 15 is 0 Å². The molecule has 0 atom stereocenters. The fraction of sp³-hybridized carbons (Fsp3) is 0.333. The molecule has 5 aromatic carbocycles. The number of aryl methyl sites for hydroxylation is 2. The normalized spacial score (nSPS) is 14.9. The Balaban J connectivity index is 1.13. The van der Waals surface area contributed by atoms with Crippen molar-refractivity contribution < 1.29 is 0 Å². The smallest absolute Gasteiger partial charge is 0.0604 e. The number of hydrogen-bond acceptors (Lipinski definition) is 4. The summed E-state index contributed by atoms with van der Waals surface area (Å²) >= 11 is 6.07. The summed E-state index contributed by atoms with van der Waals surface area (Å²) in [6.45, 7) is 14.3. The van der Waals surface area contributed by atoms with E-state index in [4.69, 9.17) is 0 Å². The van der Waals surface area contributed by atoms with Crippen molar-refractivity contribution in [3.8, 4) is 42.4 Å². The number of thioether (sulfide) groups is 1. The minimum absolute atomic E-state index is 0.0908. The van der Waals surface area contributed by atoms with E-state index in [1.54, 1.807) is 11.1 Å². The Morgan fingerprint density at radius 2 is 1.11 bits per heavy atom. The molecule has 4 heteroatoms. The Morgan fingerprint density at radius 1 is 0.541 bits per heavy atom. The van der Waals surface area contributed by atoms with Crippen molar-refractivity contribution in [3.63, 3.8) is 0 Å². The van der Waals surface area contributed by atoms with Gasteiger partial charge in [-0.1, -0.05) is 147 Å². The molecule has 1 aliphatic heterocycles. The lowest BCUT2D eigenvalue weighted by atomic mass is 9.82. The summed E-state index contributed by atoms with van der Waals surface area (Å²) in [7, 11) is 0. The Hall–Kier alpha value is -4.35. The van der Waals surface area contributed by atoms with Crippen molar-refractivity contribution in [1.29, 1.82) is 0 Å². The highest BCUT2D eigenvalue weighted by molar-refractivity contribution is 7.99. The minimum atomic E-state index is -0.0908. The quantitative estimate of drug-likeness (QED) is 0.0946. The second kappa shape index (κ2) is 16.4. The van der Waals surface area contributed by atoms with Crippen LogP contribution in [-0.4, -0.2) is 0 Å². The zero-order valence-corrected chi connectivity index (χ0v) is 39.4. The maximum absolute atomic E-state index is 2.61. The van der Waals surface area contributed by atoms with Crippen molar-refractivity contribution in [3.05, 3.63) is 154 Å². The van der Waals surface area contributed by atoms with E-state index in [9.17, 15) is 0 Å². The summed E-state index contributed by atoms with van der Waals surface area (Å²) < 4.78 is 0. The number of unbranched alkanes of at least 4 members (excludes halogenated alkanes) is 6. The molecule has 0 N–H and O–H groups in total. The molecular weight excluding hydrogens is 795 g/mol. The van der Waals surface area contributed by atoms with Crippen LogP contribution in [0, 0.1) is 0 Å². The summed E-state index contributed by atoms with van der Waals surface area (Å²) in [4.78, 5) is 8.51. The predicted octanol–water partition coefficient (Wildman–Crippen LogP) is 18.1. The highest BCUT2D eigenvalue weighted by atomic mass is 32.2. The van der Waals surface area contributed by atoms with Crippen LogP contribution in [0.3, 0.4) is 0 Å². The van der Waals surface area contributed by atoms with Crippen molar-refractivity contribution in [2.75, 3.05) is 4.90 Å². The molecule has 0 unspecified atom stereocenters. The Morgan fingerprint density at radius 3 is 1.72 bits per heavy atom. The van der Waals surface area contributed by atoms with Gasteiger partial charge in [0.2, 0.25) is 0 Å². The maximum atomic E-state index is 2.61. The van der Waals surface area contributed by atoms with Gasteiger partial charge >= 0.3 is 0 Å². The molecule has 61 heavy (non-hydrogen) atoms. The van der Waals surface area contributed by atoms with Crippen LogP contribution in [0.15, 0.2) is 119 Å². The number of thiophene rings is 2. The zero-order valence-electron chi connectivity index (χ0n) is 36.9. The molecule has 310 valence electrons. The van der Waals surface area contributed by atoms with Crippen molar-refractivity contribution >= 4 is 51.5 Å². The highest BCUT2D eigenvalue weighted by Gasteiger charge is 2.38. The summed E-state index contributed by atoms with van der Waals surface area (Å²) in [5.41, 5.74) is 20.7. The van der Waals surface area contributed by atoms with Gasteiger partial charge in [0.1, 0.15) is 0 Å². The molecule has 0 radical (unpaired) electrons. The third-order valence-electron chi connectivity index (χ3n) is 14.1. The molecule has 0 fully saturated rings. The second-order valence-corrected chi connectivity index (χ2v) is 21.7. The van der Waals surface area contributed by atoms with Crippen LogP contribution in [0.4, 0.5) is 17.1 Å². The first-order chi connectivity index (χ1) is 29.7. The second-order valence-electron chi connectivity index (χ2n) is 18.7. The number of rotatable bonds is 15. The molecule has 10 rings (SSSR count). The largest absolute Gasteiger partial charge is 0.309 e. The minimum Gasteiger partial charge on any atom is -0.309 e. The Kier molecular flexibility index (Phi) is 10.9. The molecule has 0 amide bonds. The summed E-state index contributed by atoms with van der Waals surface area (Å²) in [5, 5.41) is 2.33.